The van der Waals surface area contributed by atoms with Crippen LogP contribution in [0.2, 0.25) is 0 Å². The van der Waals surface area contributed by atoms with Gasteiger partial charge in [-0.15, -0.1) is 0 Å². The number of thioether (sulfide) groups is 1. The van der Waals surface area contributed by atoms with Gasteiger partial charge in [0.25, 0.3) is 0 Å². The van der Waals surface area contributed by atoms with Crippen molar-refractivity contribution >= 4 is 11.8 Å². The highest BCUT2D eigenvalue weighted by molar-refractivity contribution is 7.99. The molecule has 0 spiro atoms. The van der Waals surface area contributed by atoms with Gasteiger partial charge in [-0.3, -0.25) is 0 Å². The summed E-state index contributed by atoms with van der Waals surface area (Å²) in [7, 11) is 2.02. The second-order valence-electron chi connectivity index (χ2n) is 3.40. The Bertz CT molecular complexity index is 85.9. The fourth-order valence-corrected chi connectivity index (χ4v) is 2.12. The highest BCUT2D eigenvalue weighted by Gasteiger charge is 1.97. The smallest absolute Gasteiger partial charge is 0.00419 e. The molecule has 2 heteroatoms. The minimum Gasteiger partial charge on any atom is -0.320 e. The summed E-state index contributed by atoms with van der Waals surface area (Å²) in [5.74, 6) is 3.58. The van der Waals surface area contributed by atoms with Gasteiger partial charge in [0.15, 0.2) is 0 Å². The Morgan fingerprint density at radius 1 is 1.33 bits per heavy atom. The molecule has 0 aromatic rings. The van der Waals surface area contributed by atoms with Crippen molar-refractivity contribution in [3.8, 4) is 0 Å². The third-order valence-electron chi connectivity index (χ3n) is 2.06. The quantitative estimate of drug-likeness (QED) is 0.589. The summed E-state index contributed by atoms with van der Waals surface area (Å²) in [5, 5.41) is 3.17. The summed E-state index contributed by atoms with van der Waals surface area (Å²) in [5.41, 5.74) is 0. The molecule has 1 atom stereocenters. The largest absolute Gasteiger partial charge is 0.320 e. The highest BCUT2D eigenvalue weighted by Crippen LogP contribution is 2.12. The summed E-state index contributed by atoms with van der Waals surface area (Å²) >= 11 is 2.11. The molecule has 0 fully saturated rings. The molecular weight excluding hydrogens is 166 g/mol. The Hall–Kier alpha value is 0.310. The van der Waals surface area contributed by atoms with E-state index in [4.69, 9.17) is 0 Å². The van der Waals surface area contributed by atoms with E-state index in [9.17, 15) is 0 Å². The van der Waals surface area contributed by atoms with Crippen LogP contribution in [0, 0.1) is 5.92 Å². The van der Waals surface area contributed by atoms with Crippen molar-refractivity contribution in [3.05, 3.63) is 0 Å². The molecule has 0 aromatic carbocycles. The lowest BCUT2D eigenvalue weighted by molar-refractivity contribution is 0.636. The van der Waals surface area contributed by atoms with Gasteiger partial charge in [0.05, 0.1) is 0 Å². The third-order valence-corrected chi connectivity index (χ3v) is 3.45. The van der Waals surface area contributed by atoms with Gasteiger partial charge in [0.1, 0.15) is 0 Å². The molecule has 0 rings (SSSR count). The number of rotatable bonds is 8. The van der Waals surface area contributed by atoms with E-state index < -0.39 is 0 Å². The Balaban J connectivity index is 2.90. The number of hydrogen-bond acceptors (Lipinski definition) is 2. The van der Waals surface area contributed by atoms with Gasteiger partial charge in [0, 0.05) is 0 Å². The fraction of sp³-hybridized carbons (Fsp3) is 1.00. The van der Waals surface area contributed by atoms with Crippen molar-refractivity contribution in [3.63, 3.8) is 0 Å². The van der Waals surface area contributed by atoms with Crippen LogP contribution >= 0.6 is 11.8 Å². The maximum Gasteiger partial charge on any atom is -0.00419 e. The van der Waals surface area contributed by atoms with Crippen LogP contribution < -0.4 is 5.32 Å². The predicted octanol–water partition coefficient (Wildman–Crippen LogP) is 2.77. The first-order valence-electron chi connectivity index (χ1n) is 5.03. The molecule has 0 aromatic heterocycles. The van der Waals surface area contributed by atoms with Crippen LogP contribution in [0.25, 0.3) is 0 Å². The SMILES string of the molecule is CCC(C)CSCCCCNC. The van der Waals surface area contributed by atoms with Crippen LogP contribution in [0.15, 0.2) is 0 Å². The van der Waals surface area contributed by atoms with E-state index in [1.807, 2.05) is 7.05 Å². The van der Waals surface area contributed by atoms with Crippen LogP contribution in [0.1, 0.15) is 33.1 Å². The maximum atomic E-state index is 3.17. The third kappa shape index (κ3) is 8.41. The van der Waals surface area contributed by atoms with E-state index in [1.54, 1.807) is 0 Å². The Kier molecular flexibility index (Phi) is 9.64. The molecule has 0 aliphatic rings. The van der Waals surface area contributed by atoms with E-state index >= 15 is 0 Å². The van der Waals surface area contributed by atoms with Crippen molar-refractivity contribution in [2.24, 2.45) is 5.92 Å². The van der Waals surface area contributed by atoms with Crippen LogP contribution in [0.3, 0.4) is 0 Å². The van der Waals surface area contributed by atoms with Crippen LogP contribution in [0.4, 0.5) is 0 Å². The summed E-state index contributed by atoms with van der Waals surface area (Å²) in [6, 6.07) is 0. The Labute approximate surface area is 81.7 Å². The first-order chi connectivity index (χ1) is 5.81. The topological polar surface area (TPSA) is 12.0 Å². The zero-order valence-corrected chi connectivity index (χ0v) is 9.54. The van der Waals surface area contributed by atoms with Gasteiger partial charge >= 0.3 is 0 Å². The van der Waals surface area contributed by atoms with Crippen molar-refractivity contribution in [2.75, 3.05) is 25.1 Å². The van der Waals surface area contributed by atoms with Crippen molar-refractivity contribution in [2.45, 2.75) is 33.1 Å². The molecule has 0 saturated carbocycles. The predicted molar refractivity (Wildman–Crippen MR) is 59.9 cm³/mol. The first kappa shape index (κ1) is 12.3. The second kappa shape index (κ2) is 9.40. The van der Waals surface area contributed by atoms with Crippen LogP contribution in [-0.4, -0.2) is 25.1 Å². The summed E-state index contributed by atoms with van der Waals surface area (Å²) in [6.45, 7) is 5.77. The van der Waals surface area contributed by atoms with Gasteiger partial charge in [0.2, 0.25) is 0 Å². The molecule has 74 valence electrons. The molecule has 0 radical (unpaired) electrons. The van der Waals surface area contributed by atoms with Gasteiger partial charge in [-0.2, -0.15) is 11.8 Å². The van der Waals surface area contributed by atoms with E-state index in [2.05, 4.69) is 30.9 Å². The lowest BCUT2D eigenvalue weighted by atomic mass is 10.2. The molecule has 1 unspecified atom stereocenters. The summed E-state index contributed by atoms with van der Waals surface area (Å²) in [4.78, 5) is 0. The van der Waals surface area contributed by atoms with Gasteiger partial charge in [-0.1, -0.05) is 20.3 Å². The van der Waals surface area contributed by atoms with E-state index in [1.165, 1.54) is 37.3 Å². The average molecular weight is 189 g/mol. The molecular formula is C10H23NS. The molecule has 1 nitrogen and oxygen atoms in total. The van der Waals surface area contributed by atoms with E-state index in [0.29, 0.717) is 0 Å². The Morgan fingerprint density at radius 2 is 2.08 bits per heavy atom. The van der Waals surface area contributed by atoms with Gasteiger partial charge < -0.3 is 5.32 Å². The molecule has 0 saturated heterocycles. The highest BCUT2D eigenvalue weighted by atomic mass is 32.2. The average Bonchev–Trinajstić information content (AvgIpc) is 2.10. The number of unbranched alkanes of at least 4 members (excludes halogenated alkanes) is 1. The zero-order valence-electron chi connectivity index (χ0n) is 8.73. The minimum absolute atomic E-state index is 0.902. The normalized spacial score (nSPS) is 13.2. The molecule has 0 amide bonds. The number of hydrogen-bond donors (Lipinski definition) is 1. The van der Waals surface area contributed by atoms with Crippen molar-refractivity contribution in [1.29, 1.82) is 0 Å². The molecule has 0 heterocycles. The van der Waals surface area contributed by atoms with Crippen LogP contribution in [-0.2, 0) is 0 Å². The van der Waals surface area contributed by atoms with Gasteiger partial charge in [-0.05, 0) is 43.9 Å². The first-order valence-corrected chi connectivity index (χ1v) is 6.19. The fourth-order valence-electron chi connectivity index (χ4n) is 0.908. The molecule has 0 aliphatic carbocycles. The molecule has 0 aliphatic heterocycles. The summed E-state index contributed by atoms with van der Waals surface area (Å²) < 4.78 is 0. The molecule has 0 bridgehead atoms. The van der Waals surface area contributed by atoms with Gasteiger partial charge in [-0.25, -0.2) is 0 Å². The van der Waals surface area contributed by atoms with Crippen molar-refractivity contribution < 1.29 is 0 Å². The minimum atomic E-state index is 0.902. The Morgan fingerprint density at radius 3 is 2.67 bits per heavy atom. The summed E-state index contributed by atoms with van der Waals surface area (Å²) in [6.07, 6.45) is 4.01. The second-order valence-corrected chi connectivity index (χ2v) is 4.55. The molecule has 12 heavy (non-hydrogen) atoms. The van der Waals surface area contributed by atoms with Crippen molar-refractivity contribution in [1.82, 2.24) is 5.32 Å². The monoisotopic (exact) mass is 189 g/mol. The van der Waals surface area contributed by atoms with E-state index in [-0.39, 0.29) is 0 Å². The zero-order chi connectivity index (χ0) is 9.23. The van der Waals surface area contributed by atoms with Crippen LogP contribution in [0.5, 0.6) is 0 Å². The lowest BCUT2D eigenvalue weighted by Gasteiger charge is -2.06. The molecule has 1 N–H and O–H groups in total. The lowest BCUT2D eigenvalue weighted by Crippen LogP contribution is -2.07. The number of nitrogens with one attached hydrogen (secondary N) is 1. The standard InChI is InChI=1S/C10H23NS/c1-4-10(2)9-12-8-6-5-7-11-3/h10-11H,4-9H2,1-3H3. The van der Waals surface area contributed by atoms with E-state index in [0.717, 1.165) is 5.92 Å². The maximum absolute atomic E-state index is 3.17.